The van der Waals surface area contributed by atoms with Gasteiger partial charge in [0, 0.05) is 41.9 Å². The Morgan fingerprint density at radius 2 is 2.24 bits per heavy atom. The second-order valence-electron chi connectivity index (χ2n) is 4.99. The lowest BCUT2D eigenvalue weighted by Crippen LogP contribution is -2.39. The number of rotatable bonds is 3. The first-order valence-corrected chi connectivity index (χ1v) is 6.71. The Bertz CT molecular complexity index is 748. The van der Waals surface area contributed by atoms with Gasteiger partial charge in [0.05, 0.1) is 12.2 Å². The second kappa shape index (κ2) is 5.05. The summed E-state index contributed by atoms with van der Waals surface area (Å²) in [4.78, 5) is 23.3. The van der Waals surface area contributed by atoms with Crippen molar-refractivity contribution in [1.29, 1.82) is 5.41 Å². The standard InChI is InChI=1S/C15H15N3O3/c1-17-11-3-4-12-14(9(11)6-16)10(7-21-12)8-2-5-13(19)18-15(8)20/h3-4,6-8,16-17H,2,5H2,1H3,(H,18,19,20)/t8-/m0/s1. The molecule has 6 heteroatoms. The van der Waals surface area contributed by atoms with Gasteiger partial charge < -0.3 is 15.1 Å². The molecule has 0 unspecified atom stereocenters. The van der Waals surface area contributed by atoms with Crippen LogP contribution in [0.4, 0.5) is 5.69 Å². The maximum Gasteiger partial charge on any atom is 0.234 e. The molecule has 6 nitrogen and oxygen atoms in total. The number of benzene rings is 1. The van der Waals surface area contributed by atoms with Crippen LogP contribution in [-0.4, -0.2) is 25.1 Å². The fraction of sp³-hybridized carbons (Fsp3) is 0.267. The zero-order valence-electron chi connectivity index (χ0n) is 11.5. The number of furan rings is 1. The molecule has 3 rings (SSSR count). The number of hydrogen-bond acceptors (Lipinski definition) is 5. The Kier molecular flexibility index (Phi) is 3.21. The van der Waals surface area contributed by atoms with Gasteiger partial charge in [-0.05, 0) is 18.6 Å². The summed E-state index contributed by atoms with van der Waals surface area (Å²) in [5, 5.41) is 13.8. The minimum atomic E-state index is -0.422. The number of amides is 2. The highest BCUT2D eigenvalue weighted by Gasteiger charge is 2.31. The fourth-order valence-corrected chi connectivity index (χ4v) is 2.80. The van der Waals surface area contributed by atoms with Crippen LogP contribution in [0.25, 0.3) is 11.0 Å². The number of carbonyl (C=O) groups excluding carboxylic acids is 2. The van der Waals surface area contributed by atoms with Crippen molar-refractivity contribution in [3.05, 3.63) is 29.5 Å². The van der Waals surface area contributed by atoms with Crippen LogP contribution in [0.3, 0.4) is 0 Å². The molecule has 1 aliphatic heterocycles. The van der Waals surface area contributed by atoms with Crippen LogP contribution in [0.5, 0.6) is 0 Å². The number of fused-ring (bicyclic) bond motifs is 1. The van der Waals surface area contributed by atoms with Crippen LogP contribution in [0, 0.1) is 5.41 Å². The summed E-state index contributed by atoms with van der Waals surface area (Å²) in [6.07, 6.45) is 3.57. The number of piperidine rings is 1. The highest BCUT2D eigenvalue weighted by Crippen LogP contribution is 2.36. The number of anilines is 1. The molecule has 0 saturated carbocycles. The number of carbonyl (C=O) groups is 2. The molecule has 1 aromatic heterocycles. The second-order valence-corrected chi connectivity index (χ2v) is 4.99. The zero-order chi connectivity index (χ0) is 15.0. The minimum Gasteiger partial charge on any atom is -0.464 e. The van der Waals surface area contributed by atoms with Crippen LogP contribution < -0.4 is 10.6 Å². The summed E-state index contributed by atoms with van der Waals surface area (Å²) in [7, 11) is 1.78. The van der Waals surface area contributed by atoms with Crippen LogP contribution in [-0.2, 0) is 9.59 Å². The van der Waals surface area contributed by atoms with Crippen molar-refractivity contribution in [3.8, 4) is 0 Å². The van der Waals surface area contributed by atoms with E-state index in [0.717, 1.165) is 16.6 Å². The molecule has 0 bridgehead atoms. The quantitative estimate of drug-likeness (QED) is 0.593. The van der Waals surface area contributed by atoms with Crippen LogP contribution in [0.2, 0.25) is 0 Å². The van der Waals surface area contributed by atoms with Crippen molar-refractivity contribution >= 4 is 34.7 Å². The van der Waals surface area contributed by atoms with Gasteiger partial charge in [0.1, 0.15) is 5.58 Å². The molecule has 1 aliphatic rings. The number of hydrogen-bond donors (Lipinski definition) is 3. The van der Waals surface area contributed by atoms with Gasteiger partial charge in [-0.2, -0.15) is 0 Å². The normalized spacial score (nSPS) is 18.6. The predicted molar refractivity (Wildman–Crippen MR) is 78.8 cm³/mol. The molecule has 1 fully saturated rings. The van der Waals surface area contributed by atoms with E-state index in [1.165, 1.54) is 6.21 Å². The minimum absolute atomic E-state index is 0.243. The van der Waals surface area contributed by atoms with Crippen molar-refractivity contribution in [2.45, 2.75) is 18.8 Å². The predicted octanol–water partition coefficient (Wildman–Crippen LogP) is 1.99. The Labute approximate surface area is 121 Å². The van der Waals surface area contributed by atoms with Crippen molar-refractivity contribution in [3.63, 3.8) is 0 Å². The van der Waals surface area contributed by atoms with E-state index in [-0.39, 0.29) is 11.8 Å². The first-order chi connectivity index (χ1) is 10.2. The van der Waals surface area contributed by atoms with E-state index in [1.54, 1.807) is 13.3 Å². The third kappa shape index (κ3) is 2.08. The molecule has 0 spiro atoms. The van der Waals surface area contributed by atoms with Gasteiger partial charge in [0.15, 0.2) is 0 Å². The van der Waals surface area contributed by atoms with Gasteiger partial charge in [-0.3, -0.25) is 14.9 Å². The maximum atomic E-state index is 12.1. The molecular formula is C15H15N3O3. The van der Waals surface area contributed by atoms with Crippen molar-refractivity contribution in [2.24, 2.45) is 0 Å². The van der Waals surface area contributed by atoms with Crippen molar-refractivity contribution in [1.82, 2.24) is 5.32 Å². The zero-order valence-corrected chi connectivity index (χ0v) is 11.5. The van der Waals surface area contributed by atoms with E-state index in [9.17, 15) is 9.59 Å². The Morgan fingerprint density at radius 3 is 2.90 bits per heavy atom. The topological polar surface area (TPSA) is 95.2 Å². The number of imide groups is 1. The summed E-state index contributed by atoms with van der Waals surface area (Å²) in [5.74, 6) is -0.971. The summed E-state index contributed by atoms with van der Waals surface area (Å²) < 4.78 is 5.52. The van der Waals surface area contributed by atoms with E-state index >= 15 is 0 Å². The molecule has 0 radical (unpaired) electrons. The molecule has 2 aromatic rings. The Balaban J connectivity index is 2.17. The highest BCUT2D eigenvalue weighted by molar-refractivity contribution is 6.08. The molecule has 2 heterocycles. The highest BCUT2D eigenvalue weighted by atomic mass is 16.3. The van der Waals surface area contributed by atoms with Gasteiger partial charge in [0.2, 0.25) is 11.8 Å². The summed E-state index contributed by atoms with van der Waals surface area (Å²) in [6, 6.07) is 3.64. The molecule has 108 valence electrons. The largest absolute Gasteiger partial charge is 0.464 e. The monoisotopic (exact) mass is 285 g/mol. The molecule has 3 N–H and O–H groups in total. The van der Waals surface area contributed by atoms with Gasteiger partial charge in [-0.15, -0.1) is 0 Å². The van der Waals surface area contributed by atoms with E-state index in [1.807, 2.05) is 12.1 Å². The molecular weight excluding hydrogens is 270 g/mol. The first-order valence-electron chi connectivity index (χ1n) is 6.71. The van der Waals surface area contributed by atoms with Gasteiger partial charge >= 0.3 is 0 Å². The maximum absolute atomic E-state index is 12.1. The molecule has 1 atom stereocenters. The number of nitrogens with one attached hydrogen (secondary N) is 3. The fourth-order valence-electron chi connectivity index (χ4n) is 2.80. The average molecular weight is 285 g/mol. The smallest absolute Gasteiger partial charge is 0.234 e. The lowest BCUT2D eigenvalue weighted by atomic mass is 9.89. The first kappa shape index (κ1) is 13.4. The van der Waals surface area contributed by atoms with Crippen molar-refractivity contribution in [2.75, 3.05) is 12.4 Å². The molecule has 2 amide bonds. The van der Waals surface area contributed by atoms with Gasteiger partial charge in [-0.1, -0.05) is 0 Å². The van der Waals surface area contributed by atoms with Crippen LogP contribution >= 0.6 is 0 Å². The third-order valence-electron chi connectivity index (χ3n) is 3.84. The van der Waals surface area contributed by atoms with Gasteiger partial charge in [-0.25, -0.2) is 0 Å². The van der Waals surface area contributed by atoms with E-state index in [4.69, 9.17) is 9.83 Å². The van der Waals surface area contributed by atoms with Crippen molar-refractivity contribution < 1.29 is 14.0 Å². The molecule has 21 heavy (non-hydrogen) atoms. The summed E-state index contributed by atoms with van der Waals surface area (Å²) in [5.41, 5.74) is 2.84. The van der Waals surface area contributed by atoms with E-state index in [2.05, 4.69) is 10.6 Å². The SMILES string of the molecule is CNc1ccc2occ([C@@H]3CCC(=O)NC3=O)c2c1C=N. The Morgan fingerprint density at radius 1 is 1.43 bits per heavy atom. The van der Waals surface area contributed by atoms with Crippen LogP contribution in [0.15, 0.2) is 22.8 Å². The summed E-state index contributed by atoms with van der Waals surface area (Å²) >= 11 is 0. The third-order valence-corrected chi connectivity index (χ3v) is 3.84. The lowest BCUT2D eigenvalue weighted by Gasteiger charge is -2.20. The van der Waals surface area contributed by atoms with E-state index in [0.29, 0.717) is 24.0 Å². The average Bonchev–Trinajstić information content (AvgIpc) is 2.90. The van der Waals surface area contributed by atoms with Crippen LogP contribution in [0.1, 0.15) is 29.9 Å². The van der Waals surface area contributed by atoms with E-state index < -0.39 is 5.92 Å². The molecule has 1 aromatic carbocycles. The summed E-state index contributed by atoms with van der Waals surface area (Å²) in [6.45, 7) is 0. The molecule has 1 saturated heterocycles. The Hall–Kier alpha value is -2.63. The van der Waals surface area contributed by atoms with Gasteiger partial charge in [0.25, 0.3) is 0 Å². The lowest BCUT2D eigenvalue weighted by molar-refractivity contribution is -0.134. The molecule has 0 aliphatic carbocycles.